The minimum Gasteiger partial charge on any atom is -0.349 e. The van der Waals surface area contributed by atoms with Crippen molar-refractivity contribution in [2.24, 2.45) is 0 Å². The van der Waals surface area contributed by atoms with Gasteiger partial charge in [0.15, 0.2) is 0 Å². The third kappa shape index (κ3) is 4.48. The molecule has 9 heteroatoms. The van der Waals surface area contributed by atoms with Gasteiger partial charge in [0.25, 0.3) is 11.7 Å². The lowest BCUT2D eigenvalue weighted by Gasteiger charge is -2.09. The highest BCUT2D eigenvalue weighted by atomic mass is 79.9. The van der Waals surface area contributed by atoms with E-state index in [1.165, 1.54) is 4.52 Å². The lowest BCUT2D eigenvalue weighted by molar-refractivity contribution is -0.116. The molecule has 0 fully saturated rings. The summed E-state index contributed by atoms with van der Waals surface area (Å²) < 4.78 is 2.40. The van der Waals surface area contributed by atoms with E-state index in [4.69, 9.17) is 0 Å². The molecule has 0 unspecified atom stereocenters. The third-order valence-corrected chi connectivity index (χ3v) is 4.43. The highest BCUT2D eigenvalue weighted by Gasteiger charge is 2.15. The van der Waals surface area contributed by atoms with Gasteiger partial charge in [0.1, 0.15) is 0 Å². The maximum atomic E-state index is 12.2. The molecule has 0 bridgehead atoms. The molecule has 2 amide bonds. The number of anilines is 1. The van der Waals surface area contributed by atoms with Crippen LogP contribution in [0.1, 0.15) is 34.0 Å². The van der Waals surface area contributed by atoms with Crippen LogP contribution in [0.2, 0.25) is 0 Å². The van der Waals surface area contributed by atoms with E-state index < -0.39 is 5.91 Å². The summed E-state index contributed by atoms with van der Waals surface area (Å²) in [6.45, 7) is 5.81. The van der Waals surface area contributed by atoms with E-state index in [0.29, 0.717) is 5.78 Å². The maximum Gasteiger partial charge on any atom is 0.291 e. The van der Waals surface area contributed by atoms with Crippen LogP contribution in [-0.2, 0) is 4.79 Å². The number of rotatable bonds is 5. The van der Waals surface area contributed by atoms with Gasteiger partial charge >= 0.3 is 0 Å². The van der Waals surface area contributed by atoms with Gasteiger partial charge in [-0.25, -0.2) is 9.50 Å². The fraction of sp³-hybridized carbons (Fsp3) is 0.278. The largest absolute Gasteiger partial charge is 0.349 e. The molecule has 27 heavy (non-hydrogen) atoms. The van der Waals surface area contributed by atoms with Crippen molar-refractivity contribution in [1.29, 1.82) is 0 Å². The van der Waals surface area contributed by atoms with Crippen LogP contribution in [-0.4, -0.2) is 37.9 Å². The van der Waals surface area contributed by atoms with E-state index >= 15 is 0 Å². The first-order chi connectivity index (χ1) is 12.8. The Morgan fingerprint density at radius 1 is 1.15 bits per heavy atom. The third-order valence-electron chi connectivity index (χ3n) is 3.93. The van der Waals surface area contributed by atoms with Crippen LogP contribution >= 0.6 is 15.9 Å². The zero-order chi connectivity index (χ0) is 19.6. The van der Waals surface area contributed by atoms with Crippen molar-refractivity contribution in [2.45, 2.75) is 27.2 Å². The number of nitrogens with zero attached hydrogens (tertiary/aromatic N) is 4. The second-order valence-corrected chi connectivity index (χ2v) is 7.12. The molecule has 2 aromatic heterocycles. The van der Waals surface area contributed by atoms with Crippen molar-refractivity contribution in [3.63, 3.8) is 0 Å². The van der Waals surface area contributed by atoms with Crippen molar-refractivity contribution in [1.82, 2.24) is 24.9 Å². The summed E-state index contributed by atoms with van der Waals surface area (Å²) >= 11 is 3.38. The SMILES string of the molecule is Cc1cc(C)n2nc(C(=O)NCCC(=O)Nc3cc(Br)ccc3C)nc2n1. The van der Waals surface area contributed by atoms with Crippen LogP contribution in [0.3, 0.4) is 0 Å². The number of fused-ring (bicyclic) bond motifs is 1. The Labute approximate surface area is 164 Å². The normalized spacial score (nSPS) is 10.8. The summed E-state index contributed by atoms with van der Waals surface area (Å²) in [5.74, 6) is -0.225. The summed E-state index contributed by atoms with van der Waals surface area (Å²) in [6, 6.07) is 7.51. The van der Waals surface area contributed by atoms with Gasteiger partial charge < -0.3 is 10.6 Å². The van der Waals surface area contributed by atoms with Gasteiger partial charge in [0.2, 0.25) is 11.7 Å². The molecule has 1 aromatic carbocycles. The van der Waals surface area contributed by atoms with Gasteiger partial charge in [-0.1, -0.05) is 22.0 Å². The lowest BCUT2D eigenvalue weighted by atomic mass is 10.2. The number of amides is 2. The molecular formula is C18H19BrN6O2. The molecule has 0 saturated heterocycles. The zero-order valence-corrected chi connectivity index (χ0v) is 16.8. The predicted molar refractivity (Wildman–Crippen MR) is 105 cm³/mol. The van der Waals surface area contributed by atoms with E-state index in [1.54, 1.807) is 0 Å². The van der Waals surface area contributed by atoms with Gasteiger partial charge in [-0.15, -0.1) is 5.10 Å². The minimum absolute atomic E-state index is 0.0273. The van der Waals surface area contributed by atoms with Crippen LogP contribution in [0.25, 0.3) is 5.78 Å². The van der Waals surface area contributed by atoms with Gasteiger partial charge in [-0.3, -0.25) is 9.59 Å². The standard InChI is InChI=1S/C18H19BrN6O2/c1-10-4-5-13(19)9-14(10)22-15(26)6-7-20-17(27)16-23-18-21-11(2)8-12(3)25(18)24-16/h4-5,8-9H,6-7H2,1-3H3,(H,20,27)(H,22,26). The van der Waals surface area contributed by atoms with Gasteiger partial charge in [-0.05, 0) is 44.5 Å². The van der Waals surface area contributed by atoms with Crippen molar-refractivity contribution >= 4 is 39.2 Å². The van der Waals surface area contributed by atoms with Crippen LogP contribution in [0.4, 0.5) is 5.69 Å². The molecule has 0 radical (unpaired) electrons. The number of halogens is 1. The fourth-order valence-electron chi connectivity index (χ4n) is 2.57. The quantitative estimate of drug-likeness (QED) is 0.647. The second kappa shape index (κ2) is 7.83. The van der Waals surface area contributed by atoms with Crippen molar-refractivity contribution in [3.8, 4) is 0 Å². The molecule has 2 N–H and O–H groups in total. The fourth-order valence-corrected chi connectivity index (χ4v) is 2.93. The Bertz CT molecular complexity index is 1030. The summed E-state index contributed by atoms with van der Waals surface area (Å²) in [7, 11) is 0. The smallest absolute Gasteiger partial charge is 0.291 e. The summed E-state index contributed by atoms with van der Waals surface area (Å²) in [5, 5.41) is 9.66. The van der Waals surface area contributed by atoms with Crippen molar-refractivity contribution in [2.75, 3.05) is 11.9 Å². The number of carbonyl (C=O) groups is 2. The molecule has 0 aliphatic carbocycles. The molecule has 0 saturated carbocycles. The van der Waals surface area contributed by atoms with Crippen LogP contribution in [0, 0.1) is 20.8 Å². The highest BCUT2D eigenvalue weighted by Crippen LogP contribution is 2.20. The van der Waals surface area contributed by atoms with Crippen LogP contribution in [0.15, 0.2) is 28.7 Å². The summed E-state index contributed by atoms with van der Waals surface area (Å²) in [5.41, 5.74) is 3.34. The molecule has 140 valence electrons. The number of benzene rings is 1. The second-order valence-electron chi connectivity index (χ2n) is 6.20. The first-order valence-electron chi connectivity index (χ1n) is 8.38. The average molecular weight is 431 g/mol. The summed E-state index contributed by atoms with van der Waals surface area (Å²) in [4.78, 5) is 32.7. The van der Waals surface area contributed by atoms with E-state index in [2.05, 4.69) is 41.6 Å². The molecular weight excluding hydrogens is 412 g/mol. The van der Waals surface area contributed by atoms with E-state index in [0.717, 1.165) is 27.1 Å². The zero-order valence-electron chi connectivity index (χ0n) is 15.2. The molecule has 3 aromatic rings. The van der Waals surface area contributed by atoms with Crippen LogP contribution in [0.5, 0.6) is 0 Å². The molecule has 0 spiro atoms. The molecule has 0 aliphatic rings. The summed E-state index contributed by atoms with van der Waals surface area (Å²) in [6.07, 6.45) is 0.140. The highest BCUT2D eigenvalue weighted by molar-refractivity contribution is 9.10. The molecule has 8 nitrogen and oxygen atoms in total. The Morgan fingerprint density at radius 3 is 2.70 bits per heavy atom. The number of carbonyl (C=O) groups excluding carboxylic acids is 2. The van der Waals surface area contributed by atoms with Gasteiger partial charge in [-0.2, -0.15) is 4.98 Å². The van der Waals surface area contributed by atoms with E-state index in [-0.39, 0.29) is 24.7 Å². The number of aryl methyl sites for hydroxylation is 3. The van der Waals surface area contributed by atoms with Crippen molar-refractivity contribution in [3.05, 3.63) is 51.5 Å². The molecule has 0 atom stereocenters. The number of aromatic nitrogens is 4. The first-order valence-corrected chi connectivity index (χ1v) is 9.18. The number of nitrogens with one attached hydrogen (secondary N) is 2. The Balaban J connectivity index is 1.57. The number of hydrogen-bond acceptors (Lipinski definition) is 5. The molecule has 0 aliphatic heterocycles. The predicted octanol–water partition coefficient (Wildman–Crippen LogP) is 2.57. The number of hydrogen-bond donors (Lipinski definition) is 2. The topological polar surface area (TPSA) is 101 Å². The Hall–Kier alpha value is -2.81. The van der Waals surface area contributed by atoms with Crippen molar-refractivity contribution < 1.29 is 9.59 Å². The van der Waals surface area contributed by atoms with Gasteiger partial charge in [0.05, 0.1) is 0 Å². The van der Waals surface area contributed by atoms with Crippen LogP contribution < -0.4 is 10.6 Å². The molecule has 2 heterocycles. The average Bonchev–Trinajstić information content (AvgIpc) is 3.02. The van der Waals surface area contributed by atoms with E-state index in [1.807, 2.05) is 45.0 Å². The Morgan fingerprint density at radius 2 is 1.93 bits per heavy atom. The lowest BCUT2D eigenvalue weighted by Crippen LogP contribution is -2.28. The monoisotopic (exact) mass is 430 g/mol. The Kier molecular flexibility index (Phi) is 5.50. The minimum atomic E-state index is -0.441. The first kappa shape index (κ1) is 19.0. The maximum absolute atomic E-state index is 12.2. The van der Waals surface area contributed by atoms with Gasteiger partial charge in [0, 0.05) is 34.5 Å². The van der Waals surface area contributed by atoms with E-state index in [9.17, 15) is 9.59 Å². The molecule has 3 rings (SSSR count).